The van der Waals surface area contributed by atoms with E-state index in [9.17, 15) is 19.7 Å². The van der Waals surface area contributed by atoms with Crippen molar-refractivity contribution < 1.29 is 14.5 Å². The van der Waals surface area contributed by atoms with Gasteiger partial charge in [0.05, 0.1) is 22.1 Å². The number of anilines is 2. The third-order valence-electron chi connectivity index (χ3n) is 6.94. The lowest BCUT2D eigenvalue weighted by atomic mass is 9.96. The van der Waals surface area contributed by atoms with Gasteiger partial charge in [0.25, 0.3) is 5.91 Å². The predicted molar refractivity (Wildman–Crippen MR) is 125 cm³/mol. The van der Waals surface area contributed by atoms with Crippen LogP contribution in [0.2, 0.25) is 5.02 Å². The van der Waals surface area contributed by atoms with Gasteiger partial charge in [-0.15, -0.1) is 0 Å². The monoisotopic (exact) mass is 487 g/mol. The Labute approximate surface area is 201 Å². The van der Waals surface area contributed by atoms with Crippen molar-refractivity contribution in [3.63, 3.8) is 0 Å². The Hall–Kier alpha value is -3.21. The molecule has 12 heteroatoms. The zero-order valence-electron chi connectivity index (χ0n) is 18.7. The highest BCUT2D eigenvalue weighted by Gasteiger charge is 2.53. The van der Waals surface area contributed by atoms with Gasteiger partial charge in [0.1, 0.15) is 11.4 Å². The molecular weight excluding hydrogens is 462 g/mol. The van der Waals surface area contributed by atoms with Crippen LogP contribution in [-0.4, -0.2) is 62.6 Å². The number of carbonyl (C=O) groups is 2. The predicted octanol–water partition coefficient (Wildman–Crippen LogP) is 2.81. The molecule has 3 aliphatic rings. The highest BCUT2D eigenvalue weighted by Crippen LogP contribution is 2.44. The molecule has 2 saturated heterocycles. The molecule has 11 nitrogen and oxygen atoms in total. The van der Waals surface area contributed by atoms with Crippen molar-refractivity contribution in [1.29, 1.82) is 0 Å². The Morgan fingerprint density at radius 3 is 2.59 bits per heavy atom. The van der Waals surface area contributed by atoms with Gasteiger partial charge in [-0.1, -0.05) is 11.6 Å². The van der Waals surface area contributed by atoms with Gasteiger partial charge in [-0.3, -0.25) is 24.4 Å². The Balaban J connectivity index is 1.36. The second kappa shape index (κ2) is 8.86. The number of nitrogens with zero attached hydrogens (tertiary/aromatic N) is 6. The second-order valence-corrected chi connectivity index (χ2v) is 9.64. The van der Waals surface area contributed by atoms with Crippen molar-refractivity contribution in [2.75, 3.05) is 36.4 Å². The number of nitrogens with one attached hydrogen (secondary N) is 1. The molecule has 4 heterocycles. The van der Waals surface area contributed by atoms with E-state index in [-0.39, 0.29) is 23.3 Å². The molecule has 1 N–H and O–H groups in total. The first-order chi connectivity index (χ1) is 16.4. The number of piperidine rings is 1. The fraction of sp³-hybridized carbons (Fsp3) is 0.545. The topological polar surface area (TPSA) is 127 Å². The van der Waals surface area contributed by atoms with Gasteiger partial charge >= 0.3 is 5.69 Å². The highest BCUT2D eigenvalue weighted by atomic mass is 35.5. The summed E-state index contributed by atoms with van der Waals surface area (Å²) < 4.78 is 1.50. The van der Waals surface area contributed by atoms with Crippen LogP contribution in [-0.2, 0) is 15.1 Å². The van der Waals surface area contributed by atoms with Crippen molar-refractivity contribution in [2.24, 2.45) is 5.92 Å². The highest BCUT2D eigenvalue weighted by molar-refractivity contribution is 6.30. The summed E-state index contributed by atoms with van der Waals surface area (Å²) in [4.78, 5) is 45.5. The minimum atomic E-state index is -0.920. The Morgan fingerprint density at radius 2 is 1.94 bits per heavy atom. The van der Waals surface area contributed by atoms with Crippen LogP contribution in [0.1, 0.15) is 38.5 Å². The number of likely N-dealkylation sites (tertiary alicyclic amines) is 1. The maximum Gasteiger partial charge on any atom is 0.311 e. The summed E-state index contributed by atoms with van der Waals surface area (Å²) in [5, 5.41) is 18.9. The molecule has 0 spiro atoms. The van der Waals surface area contributed by atoms with Gasteiger partial charge in [-0.05, 0) is 44.6 Å². The molecule has 180 valence electrons. The maximum atomic E-state index is 13.1. The van der Waals surface area contributed by atoms with E-state index < -0.39 is 16.4 Å². The molecule has 1 unspecified atom stereocenters. The molecule has 0 bridgehead atoms. The zero-order valence-corrected chi connectivity index (χ0v) is 19.4. The number of pyridine rings is 1. The van der Waals surface area contributed by atoms with Gasteiger partial charge in [0, 0.05) is 38.4 Å². The fourth-order valence-electron chi connectivity index (χ4n) is 4.88. The van der Waals surface area contributed by atoms with E-state index >= 15 is 0 Å². The minimum Gasteiger partial charge on any atom is -0.356 e. The number of carbonyl (C=O) groups excluding carboxylic acids is 2. The normalized spacial score (nSPS) is 21.4. The van der Waals surface area contributed by atoms with Crippen LogP contribution in [0.15, 0.2) is 24.5 Å². The molecule has 1 aliphatic carbocycles. The third kappa shape index (κ3) is 4.20. The number of nitro groups is 1. The van der Waals surface area contributed by atoms with Gasteiger partial charge < -0.3 is 15.1 Å². The van der Waals surface area contributed by atoms with Gasteiger partial charge in [0.15, 0.2) is 0 Å². The van der Waals surface area contributed by atoms with Gasteiger partial charge in [0.2, 0.25) is 11.7 Å². The second-order valence-electron chi connectivity index (χ2n) is 9.20. The summed E-state index contributed by atoms with van der Waals surface area (Å²) >= 11 is 5.96. The first-order valence-corrected chi connectivity index (χ1v) is 12.0. The standard InChI is InChI=1S/C22H26ClN7O4/c23-16-12-24-29(14-16)22(7-8-22)21(32)26-19-17(30(33)34)5-6-18(25-19)28-11-3-4-15(13-28)20(31)27-9-1-2-10-27/h5-6,12,14-15H,1-4,7-11,13H2,(H,25,26,32). The molecule has 1 saturated carbocycles. The zero-order chi connectivity index (χ0) is 23.9. The number of rotatable bonds is 6. The van der Waals surface area contributed by atoms with E-state index in [4.69, 9.17) is 11.6 Å². The number of hydrogen-bond acceptors (Lipinski definition) is 7. The van der Waals surface area contributed by atoms with Crippen molar-refractivity contribution in [3.8, 4) is 0 Å². The minimum absolute atomic E-state index is 0.106. The maximum absolute atomic E-state index is 13.1. The van der Waals surface area contributed by atoms with Gasteiger partial charge in [-0.2, -0.15) is 5.10 Å². The summed E-state index contributed by atoms with van der Waals surface area (Å²) in [6.45, 7) is 2.82. The molecule has 1 atom stereocenters. The lowest BCUT2D eigenvalue weighted by Gasteiger charge is -2.34. The Morgan fingerprint density at radius 1 is 1.18 bits per heavy atom. The van der Waals surface area contributed by atoms with Crippen LogP contribution < -0.4 is 10.2 Å². The lowest BCUT2D eigenvalue weighted by molar-refractivity contribution is -0.384. The SMILES string of the molecule is O=C(C1CCCN(c2ccc([N+](=O)[O-])c(NC(=O)C3(n4cc(Cl)cn4)CC3)n2)C1)N1CCCC1. The summed E-state index contributed by atoms with van der Waals surface area (Å²) in [5.74, 6) is 0.0324. The van der Waals surface area contributed by atoms with E-state index in [2.05, 4.69) is 15.4 Å². The molecule has 5 rings (SSSR count). The third-order valence-corrected chi connectivity index (χ3v) is 7.13. The summed E-state index contributed by atoms with van der Waals surface area (Å²) in [6.07, 6.45) is 7.85. The van der Waals surface area contributed by atoms with E-state index in [1.165, 1.54) is 16.9 Å². The van der Waals surface area contributed by atoms with Crippen LogP contribution in [0, 0.1) is 16.0 Å². The van der Waals surface area contributed by atoms with E-state index in [0.717, 1.165) is 38.8 Å². The number of amides is 2. The van der Waals surface area contributed by atoms with E-state index in [1.807, 2.05) is 9.80 Å². The Bertz CT molecular complexity index is 1130. The van der Waals surface area contributed by atoms with Crippen molar-refractivity contribution in [1.82, 2.24) is 19.7 Å². The van der Waals surface area contributed by atoms with Crippen LogP contribution in [0.25, 0.3) is 0 Å². The van der Waals surface area contributed by atoms with E-state index in [1.54, 1.807) is 12.3 Å². The largest absolute Gasteiger partial charge is 0.356 e. The first-order valence-electron chi connectivity index (χ1n) is 11.6. The molecule has 34 heavy (non-hydrogen) atoms. The number of hydrogen-bond donors (Lipinski definition) is 1. The lowest BCUT2D eigenvalue weighted by Crippen LogP contribution is -2.44. The molecule has 3 fully saturated rings. The quantitative estimate of drug-likeness (QED) is 0.490. The average Bonchev–Trinajstić information content (AvgIpc) is 3.23. The summed E-state index contributed by atoms with van der Waals surface area (Å²) in [7, 11) is 0. The van der Waals surface area contributed by atoms with Crippen LogP contribution in [0.5, 0.6) is 0 Å². The smallest absolute Gasteiger partial charge is 0.311 e. The van der Waals surface area contributed by atoms with E-state index in [0.29, 0.717) is 36.8 Å². The first kappa shape index (κ1) is 22.6. The fourth-order valence-corrected chi connectivity index (χ4v) is 5.01. The summed E-state index contributed by atoms with van der Waals surface area (Å²) in [5.41, 5.74) is -1.20. The molecule has 2 aromatic heterocycles. The van der Waals surface area contributed by atoms with Crippen LogP contribution >= 0.6 is 11.6 Å². The van der Waals surface area contributed by atoms with Crippen molar-refractivity contribution in [2.45, 2.75) is 44.1 Å². The van der Waals surface area contributed by atoms with Crippen molar-refractivity contribution in [3.05, 3.63) is 39.7 Å². The van der Waals surface area contributed by atoms with Crippen LogP contribution in [0.3, 0.4) is 0 Å². The Kier molecular flexibility index (Phi) is 5.88. The average molecular weight is 488 g/mol. The van der Waals surface area contributed by atoms with Gasteiger partial charge in [-0.25, -0.2) is 4.98 Å². The molecule has 2 aliphatic heterocycles. The number of halogens is 1. The summed E-state index contributed by atoms with van der Waals surface area (Å²) in [6, 6.07) is 2.94. The molecular formula is C22H26ClN7O4. The van der Waals surface area contributed by atoms with Crippen LogP contribution in [0.4, 0.5) is 17.3 Å². The molecule has 2 amide bonds. The molecule has 0 aromatic carbocycles. The number of aromatic nitrogens is 3. The molecule has 2 aromatic rings. The van der Waals surface area contributed by atoms with Crippen molar-refractivity contribution >= 4 is 40.7 Å². The molecule has 0 radical (unpaired) electrons.